The van der Waals surface area contributed by atoms with Crippen molar-refractivity contribution < 1.29 is 9.18 Å². The Hall–Kier alpha value is -2.20. The number of aromatic nitrogens is 1. The summed E-state index contributed by atoms with van der Waals surface area (Å²) < 4.78 is 13.7. The molecule has 1 aliphatic heterocycles. The van der Waals surface area contributed by atoms with Crippen LogP contribution in [0.3, 0.4) is 0 Å². The molecule has 0 fully saturated rings. The van der Waals surface area contributed by atoms with Gasteiger partial charge in [0.1, 0.15) is 5.82 Å². The van der Waals surface area contributed by atoms with Gasteiger partial charge < -0.3 is 4.90 Å². The predicted molar refractivity (Wildman–Crippen MR) is 89.6 cm³/mol. The Morgan fingerprint density at radius 2 is 2.17 bits per heavy atom. The second-order valence-electron chi connectivity index (χ2n) is 5.77. The Labute approximate surface area is 139 Å². The van der Waals surface area contributed by atoms with E-state index in [2.05, 4.69) is 11.6 Å². The molecule has 0 aliphatic carbocycles. The van der Waals surface area contributed by atoms with Crippen molar-refractivity contribution in [3.05, 3.63) is 70.3 Å². The topological polar surface area (TPSA) is 33.2 Å². The molecule has 2 aromatic rings. The van der Waals surface area contributed by atoms with Crippen LogP contribution in [0.15, 0.2) is 42.6 Å². The van der Waals surface area contributed by atoms with Crippen molar-refractivity contribution in [1.29, 1.82) is 0 Å². The summed E-state index contributed by atoms with van der Waals surface area (Å²) in [6, 6.07) is 5.96. The van der Waals surface area contributed by atoms with E-state index < -0.39 is 5.82 Å². The van der Waals surface area contributed by atoms with E-state index in [9.17, 15) is 9.18 Å². The molecule has 118 valence electrons. The molecule has 0 saturated carbocycles. The minimum Gasteiger partial charge on any atom is -0.304 e. The lowest BCUT2D eigenvalue weighted by atomic mass is 9.85. The number of pyridine rings is 1. The number of carbonyl (C=O) groups excluding carboxylic acids is 1. The minimum absolute atomic E-state index is 0.0704. The van der Waals surface area contributed by atoms with Crippen molar-refractivity contribution in [2.24, 2.45) is 0 Å². The van der Waals surface area contributed by atoms with Crippen LogP contribution in [0.2, 0.25) is 5.02 Å². The van der Waals surface area contributed by atoms with Gasteiger partial charge in [0.25, 0.3) is 5.91 Å². The van der Waals surface area contributed by atoms with Gasteiger partial charge in [-0.25, -0.2) is 4.39 Å². The van der Waals surface area contributed by atoms with Gasteiger partial charge in [-0.15, -0.1) is 0 Å². The monoisotopic (exact) mass is 330 g/mol. The first-order valence-electron chi connectivity index (χ1n) is 7.28. The number of anilines is 1. The molecule has 23 heavy (non-hydrogen) atoms. The molecule has 1 atom stereocenters. The molecule has 0 bridgehead atoms. The highest BCUT2D eigenvalue weighted by Gasteiger charge is 2.34. The van der Waals surface area contributed by atoms with Crippen LogP contribution >= 0.6 is 11.6 Å². The zero-order chi connectivity index (χ0) is 16.7. The third kappa shape index (κ3) is 2.63. The predicted octanol–water partition coefficient (Wildman–Crippen LogP) is 4.50. The quantitative estimate of drug-likeness (QED) is 0.759. The normalized spacial score (nSPS) is 17.1. The molecular formula is C18H16ClFN2O. The third-order valence-electron chi connectivity index (χ3n) is 4.15. The van der Waals surface area contributed by atoms with Crippen molar-refractivity contribution >= 4 is 23.2 Å². The third-order valence-corrected chi connectivity index (χ3v) is 4.46. The largest absolute Gasteiger partial charge is 0.304 e. The molecular weight excluding hydrogens is 315 g/mol. The van der Waals surface area contributed by atoms with Crippen molar-refractivity contribution in [2.45, 2.75) is 19.8 Å². The summed E-state index contributed by atoms with van der Waals surface area (Å²) >= 11 is 6.28. The number of nitrogens with zero attached hydrogens (tertiary/aromatic N) is 2. The van der Waals surface area contributed by atoms with E-state index in [1.54, 1.807) is 30.2 Å². The van der Waals surface area contributed by atoms with Gasteiger partial charge in [0.2, 0.25) is 0 Å². The molecule has 0 radical (unpaired) electrons. The maximum Gasteiger partial charge on any atom is 0.258 e. The molecule has 1 aromatic heterocycles. The fourth-order valence-electron chi connectivity index (χ4n) is 2.99. The minimum atomic E-state index is -0.437. The first-order chi connectivity index (χ1) is 10.9. The van der Waals surface area contributed by atoms with E-state index in [1.807, 2.05) is 6.92 Å². The maximum atomic E-state index is 13.7. The summed E-state index contributed by atoms with van der Waals surface area (Å²) in [5.74, 6) is -0.776. The number of hydrogen-bond donors (Lipinski definition) is 0. The SMILES string of the molecule is C=C(C)C1CN(c2c(Cl)ccnc2C)C(=O)c2cc(F)ccc21. The highest BCUT2D eigenvalue weighted by atomic mass is 35.5. The van der Waals surface area contributed by atoms with E-state index in [0.717, 1.165) is 11.1 Å². The molecule has 5 heteroatoms. The zero-order valence-corrected chi connectivity index (χ0v) is 13.7. The number of aryl methyl sites for hydroxylation is 1. The van der Waals surface area contributed by atoms with Gasteiger partial charge in [0.15, 0.2) is 0 Å². The van der Waals surface area contributed by atoms with Crippen molar-refractivity contribution in [3.8, 4) is 0 Å². The van der Waals surface area contributed by atoms with E-state index in [-0.39, 0.29) is 11.8 Å². The lowest BCUT2D eigenvalue weighted by Crippen LogP contribution is -2.41. The number of rotatable bonds is 2. The summed E-state index contributed by atoms with van der Waals surface area (Å²) in [6.45, 7) is 8.14. The standard InChI is InChI=1S/C18H16ClFN2O/c1-10(2)15-9-22(17-11(3)21-7-6-16(17)19)18(23)14-8-12(20)4-5-13(14)15/h4-8,15H,1,9H2,2-3H3. The summed E-state index contributed by atoms with van der Waals surface area (Å²) in [5, 5.41) is 0.450. The number of benzene rings is 1. The second-order valence-corrected chi connectivity index (χ2v) is 6.18. The Bertz CT molecular complexity index is 798. The highest BCUT2D eigenvalue weighted by molar-refractivity contribution is 6.34. The smallest absolute Gasteiger partial charge is 0.258 e. The van der Waals surface area contributed by atoms with E-state index in [4.69, 9.17) is 11.6 Å². The molecule has 2 heterocycles. The summed E-state index contributed by atoms with van der Waals surface area (Å²) in [4.78, 5) is 18.7. The Balaban J connectivity index is 2.18. The Morgan fingerprint density at radius 3 is 2.83 bits per heavy atom. The first kappa shape index (κ1) is 15.7. The molecule has 0 spiro atoms. The maximum absolute atomic E-state index is 13.7. The number of halogens is 2. The fraction of sp³-hybridized carbons (Fsp3) is 0.222. The van der Waals surface area contributed by atoms with Gasteiger partial charge in [-0.3, -0.25) is 9.78 Å². The zero-order valence-electron chi connectivity index (χ0n) is 12.9. The average molecular weight is 331 g/mol. The second kappa shape index (κ2) is 5.78. The van der Waals surface area contributed by atoms with Crippen LogP contribution in [0.1, 0.15) is 34.5 Å². The molecule has 1 unspecified atom stereocenters. The van der Waals surface area contributed by atoms with Crippen LogP contribution in [-0.4, -0.2) is 17.4 Å². The van der Waals surface area contributed by atoms with Crippen molar-refractivity contribution in [1.82, 2.24) is 4.98 Å². The Kier molecular flexibility index (Phi) is 3.94. The van der Waals surface area contributed by atoms with Crippen LogP contribution in [0.25, 0.3) is 0 Å². The Morgan fingerprint density at radius 1 is 1.43 bits per heavy atom. The molecule has 1 aliphatic rings. The van der Waals surface area contributed by atoms with Gasteiger partial charge in [-0.2, -0.15) is 0 Å². The molecule has 3 nitrogen and oxygen atoms in total. The summed E-state index contributed by atoms with van der Waals surface area (Å²) in [5.41, 5.74) is 3.29. The van der Waals surface area contributed by atoms with Crippen LogP contribution in [-0.2, 0) is 0 Å². The molecule has 0 N–H and O–H groups in total. The van der Waals surface area contributed by atoms with Crippen LogP contribution in [0.5, 0.6) is 0 Å². The lowest BCUT2D eigenvalue weighted by Gasteiger charge is -2.35. The number of fused-ring (bicyclic) bond motifs is 1. The van der Waals surface area contributed by atoms with Crippen LogP contribution < -0.4 is 4.90 Å². The highest BCUT2D eigenvalue weighted by Crippen LogP contribution is 2.38. The number of carbonyl (C=O) groups is 1. The first-order valence-corrected chi connectivity index (χ1v) is 7.65. The molecule has 1 aromatic carbocycles. The van der Waals surface area contributed by atoms with Gasteiger partial charge in [-0.05, 0) is 37.6 Å². The van der Waals surface area contributed by atoms with Crippen LogP contribution in [0, 0.1) is 12.7 Å². The molecule has 0 saturated heterocycles. The van der Waals surface area contributed by atoms with Crippen molar-refractivity contribution in [3.63, 3.8) is 0 Å². The fourth-order valence-corrected chi connectivity index (χ4v) is 3.29. The van der Waals surface area contributed by atoms with E-state index in [0.29, 0.717) is 28.5 Å². The van der Waals surface area contributed by atoms with E-state index in [1.165, 1.54) is 12.1 Å². The number of amides is 1. The van der Waals surface area contributed by atoms with E-state index >= 15 is 0 Å². The van der Waals surface area contributed by atoms with Gasteiger partial charge in [0.05, 0.1) is 16.4 Å². The summed E-state index contributed by atoms with van der Waals surface area (Å²) in [7, 11) is 0. The number of hydrogen-bond acceptors (Lipinski definition) is 2. The summed E-state index contributed by atoms with van der Waals surface area (Å²) in [6.07, 6.45) is 1.60. The van der Waals surface area contributed by atoms with Gasteiger partial charge >= 0.3 is 0 Å². The van der Waals surface area contributed by atoms with Gasteiger partial charge in [0, 0.05) is 24.2 Å². The van der Waals surface area contributed by atoms with Crippen LogP contribution in [0.4, 0.5) is 10.1 Å². The lowest BCUT2D eigenvalue weighted by molar-refractivity contribution is 0.0977. The molecule has 3 rings (SSSR count). The average Bonchev–Trinajstić information content (AvgIpc) is 2.49. The van der Waals surface area contributed by atoms with Crippen molar-refractivity contribution in [2.75, 3.05) is 11.4 Å². The van der Waals surface area contributed by atoms with Gasteiger partial charge in [-0.1, -0.05) is 29.8 Å². The molecule has 1 amide bonds.